The van der Waals surface area contributed by atoms with Crippen molar-refractivity contribution in [2.75, 3.05) is 33.5 Å². The van der Waals surface area contributed by atoms with Crippen LogP contribution in [0.5, 0.6) is 17.2 Å². The normalized spacial score (nSPS) is 26.8. The van der Waals surface area contributed by atoms with Crippen LogP contribution in [-0.4, -0.2) is 56.3 Å². The predicted molar refractivity (Wildman–Crippen MR) is 106 cm³/mol. The number of fused-ring (bicyclic) bond motifs is 3. The van der Waals surface area contributed by atoms with Gasteiger partial charge < -0.3 is 23.8 Å². The van der Waals surface area contributed by atoms with Crippen molar-refractivity contribution in [3.8, 4) is 17.2 Å². The van der Waals surface area contributed by atoms with Gasteiger partial charge in [-0.3, -0.25) is 4.79 Å². The molecule has 1 amide bonds. The van der Waals surface area contributed by atoms with Gasteiger partial charge in [0.15, 0.2) is 18.1 Å². The number of rotatable bonds is 4. The quantitative estimate of drug-likeness (QED) is 0.720. The fourth-order valence-corrected chi connectivity index (χ4v) is 5.44. The summed E-state index contributed by atoms with van der Waals surface area (Å²) in [5.41, 5.74) is 0.646. The summed E-state index contributed by atoms with van der Waals surface area (Å²) in [6.45, 7) is 8.08. The molecule has 0 radical (unpaired) electrons. The Hall–Kier alpha value is -2.44. The molecule has 29 heavy (non-hydrogen) atoms. The first-order valence-electron chi connectivity index (χ1n) is 10.1. The lowest BCUT2D eigenvalue weighted by molar-refractivity contribution is -0.135. The molecule has 1 aliphatic carbocycles. The first-order valence-corrected chi connectivity index (χ1v) is 10.1. The lowest BCUT2D eigenvalue weighted by atomic mass is 9.65. The number of hydrogen-bond acceptors (Lipinski definition) is 6. The third-order valence-corrected chi connectivity index (χ3v) is 6.13. The standard InChI is InChI=1S/C22H29NO6/c1-21(2)9-15-10-22(3,12-21)13-23(15)18(24)11-29-20(25)14-7-16(26-4)19-17(8-14)27-5-6-28-19/h7-8,15H,5-6,9-13H2,1-4H3/t15-,22-/m0/s1. The molecule has 2 aliphatic heterocycles. The number of carbonyl (C=O) groups excluding carboxylic acids is 2. The number of amides is 1. The molecule has 1 saturated heterocycles. The van der Waals surface area contributed by atoms with Crippen molar-refractivity contribution < 1.29 is 28.5 Å². The molecule has 158 valence electrons. The van der Waals surface area contributed by atoms with Crippen LogP contribution in [0.2, 0.25) is 0 Å². The number of likely N-dealkylation sites (tertiary alicyclic amines) is 1. The minimum absolute atomic E-state index is 0.130. The van der Waals surface area contributed by atoms with Crippen molar-refractivity contribution in [2.24, 2.45) is 10.8 Å². The first kappa shape index (κ1) is 19.9. The number of esters is 1. The molecule has 1 aromatic carbocycles. The van der Waals surface area contributed by atoms with Crippen LogP contribution in [-0.2, 0) is 9.53 Å². The van der Waals surface area contributed by atoms with E-state index in [1.165, 1.54) is 7.11 Å². The Morgan fingerprint density at radius 3 is 2.69 bits per heavy atom. The highest BCUT2D eigenvalue weighted by atomic mass is 16.6. The fraction of sp³-hybridized carbons (Fsp3) is 0.636. The van der Waals surface area contributed by atoms with Crippen LogP contribution in [0.15, 0.2) is 12.1 Å². The second-order valence-corrected chi connectivity index (χ2v) is 9.51. The molecule has 1 saturated carbocycles. The van der Waals surface area contributed by atoms with Gasteiger partial charge in [-0.15, -0.1) is 0 Å². The van der Waals surface area contributed by atoms with Crippen LogP contribution in [0.1, 0.15) is 50.4 Å². The molecular formula is C22H29NO6. The van der Waals surface area contributed by atoms with Crippen molar-refractivity contribution in [3.63, 3.8) is 0 Å². The van der Waals surface area contributed by atoms with Gasteiger partial charge in [0.2, 0.25) is 5.75 Å². The monoisotopic (exact) mass is 403 g/mol. The summed E-state index contributed by atoms with van der Waals surface area (Å²) in [7, 11) is 1.50. The maximum Gasteiger partial charge on any atom is 0.338 e. The highest BCUT2D eigenvalue weighted by Crippen LogP contribution is 2.52. The summed E-state index contributed by atoms with van der Waals surface area (Å²) < 4.78 is 21.7. The summed E-state index contributed by atoms with van der Waals surface area (Å²) in [5.74, 6) is 0.615. The lowest BCUT2D eigenvalue weighted by Gasteiger charge is -2.39. The number of carbonyl (C=O) groups is 2. The molecule has 2 bridgehead atoms. The highest BCUT2D eigenvalue weighted by molar-refractivity contribution is 5.93. The van der Waals surface area contributed by atoms with Gasteiger partial charge in [-0.25, -0.2) is 4.79 Å². The SMILES string of the molecule is COc1cc(C(=O)OCC(=O)N2C[C@@]3(C)C[C@@H]2CC(C)(C)C3)cc2c1OCCO2. The summed E-state index contributed by atoms with van der Waals surface area (Å²) in [6.07, 6.45) is 3.12. The average Bonchev–Trinajstić information content (AvgIpc) is 2.93. The van der Waals surface area contributed by atoms with Crippen LogP contribution in [0.25, 0.3) is 0 Å². The Morgan fingerprint density at radius 2 is 1.93 bits per heavy atom. The average molecular weight is 403 g/mol. The van der Waals surface area contributed by atoms with E-state index in [2.05, 4.69) is 20.8 Å². The van der Waals surface area contributed by atoms with E-state index in [-0.39, 0.29) is 34.9 Å². The van der Waals surface area contributed by atoms with Gasteiger partial charge in [0, 0.05) is 12.6 Å². The molecule has 1 aromatic rings. The maximum atomic E-state index is 12.8. The number of methoxy groups -OCH3 is 1. The zero-order valence-corrected chi connectivity index (χ0v) is 17.6. The maximum absolute atomic E-state index is 12.8. The summed E-state index contributed by atoms with van der Waals surface area (Å²) >= 11 is 0. The van der Waals surface area contributed by atoms with Crippen LogP contribution >= 0.6 is 0 Å². The van der Waals surface area contributed by atoms with E-state index in [1.54, 1.807) is 12.1 Å². The second-order valence-electron chi connectivity index (χ2n) is 9.51. The van der Waals surface area contributed by atoms with E-state index in [0.29, 0.717) is 30.5 Å². The summed E-state index contributed by atoms with van der Waals surface area (Å²) in [4.78, 5) is 27.3. The van der Waals surface area contributed by atoms with Crippen LogP contribution in [0.4, 0.5) is 0 Å². The number of ether oxygens (including phenoxy) is 4. The Labute approximate surface area is 171 Å². The van der Waals surface area contributed by atoms with E-state index >= 15 is 0 Å². The Bertz CT molecular complexity index is 818. The van der Waals surface area contributed by atoms with Gasteiger partial charge in [0.05, 0.1) is 12.7 Å². The van der Waals surface area contributed by atoms with E-state index in [4.69, 9.17) is 18.9 Å². The van der Waals surface area contributed by atoms with Crippen LogP contribution in [0.3, 0.4) is 0 Å². The number of nitrogens with zero attached hydrogens (tertiary/aromatic N) is 1. The Morgan fingerprint density at radius 1 is 1.17 bits per heavy atom. The molecule has 0 spiro atoms. The molecule has 7 heteroatoms. The molecule has 7 nitrogen and oxygen atoms in total. The molecule has 0 unspecified atom stereocenters. The van der Waals surface area contributed by atoms with Gasteiger partial charge in [-0.2, -0.15) is 0 Å². The van der Waals surface area contributed by atoms with E-state index in [9.17, 15) is 9.59 Å². The Balaban J connectivity index is 1.42. The van der Waals surface area contributed by atoms with Gasteiger partial charge >= 0.3 is 5.97 Å². The van der Waals surface area contributed by atoms with Gasteiger partial charge in [0.1, 0.15) is 13.2 Å². The first-order chi connectivity index (χ1) is 13.7. The molecule has 3 aliphatic rings. The summed E-state index contributed by atoms with van der Waals surface area (Å²) in [6, 6.07) is 3.34. The van der Waals surface area contributed by atoms with Crippen LogP contribution in [0, 0.1) is 10.8 Å². The van der Waals surface area contributed by atoms with Crippen LogP contribution < -0.4 is 14.2 Å². The van der Waals surface area contributed by atoms with Crippen molar-refractivity contribution >= 4 is 11.9 Å². The zero-order chi connectivity index (χ0) is 20.8. The smallest absolute Gasteiger partial charge is 0.338 e. The van der Waals surface area contributed by atoms with Crippen molar-refractivity contribution in [1.82, 2.24) is 4.90 Å². The van der Waals surface area contributed by atoms with E-state index in [1.807, 2.05) is 4.90 Å². The van der Waals surface area contributed by atoms with Crippen molar-refractivity contribution in [2.45, 2.75) is 46.1 Å². The molecule has 2 atom stereocenters. The zero-order valence-electron chi connectivity index (χ0n) is 17.6. The molecule has 2 heterocycles. The Kier molecular flexibility index (Phi) is 4.87. The number of benzene rings is 1. The minimum atomic E-state index is -0.581. The van der Waals surface area contributed by atoms with Gasteiger partial charge in [-0.1, -0.05) is 20.8 Å². The predicted octanol–water partition coefficient (Wildman–Crippen LogP) is 3.05. The second kappa shape index (κ2) is 7.11. The molecule has 2 fully saturated rings. The molecule has 0 aromatic heterocycles. The third-order valence-electron chi connectivity index (χ3n) is 6.13. The van der Waals surface area contributed by atoms with E-state index in [0.717, 1.165) is 25.8 Å². The van der Waals surface area contributed by atoms with Crippen molar-refractivity contribution in [1.29, 1.82) is 0 Å². The fourth-order valence-electron chi connectivity index (χ4n) is 5.44. The van der Waals surface area contributed by atoms with Crippen molar-refractivity contribution in [3.05, 3.63) is 17.7 Å². The largest absolute Gasteiger partial charge is 0.493 e. The summed E-state index contributed by atoms with van der Waals surface area (Å²) in [5, 5.41) is 0. The topological polar surface area (TPSA) is 74.3 Å². The number of hydrogen-bond donors (Lipinski definition) is 0. The molecule has 4 rings (SSSR count). The minimum Gasteiger partial charge on any atom is -0.493 e. The van der Waals surface area contributed by atoms with E-state index < -0.39 is 5.97 Å². The lowest BCUT2D eigenvalue weighted by Crippen LogP contribution is -2.39. The van der Waals surface area contributed by atoms with Gasteiger partial charge in [-0.05, 0) is 42.2 Å². The van der Waals surface area contributed by atoms with Gasteiger partial charge in [0.25, 0.3) is 5.91 Å². The highest BCUT2D eigenvalue weighted by Gasteiger charge is 2.50. The molecular weight excluding hydrogens is 374 g/mol. The third kappa shape index (κ3) is 3.87. The molecule has 0 N–H and O–H groups in total.